The fraction of sp³-hybridized carbons (Fsp3) is 0.571. The molecule has 0 aliphatic heterocycles. The number of rotatable bonds is 5. The van der Waals surface area contributed by atoms with Crippen LogP contribution in [0.15, 0.2) is 28.7 Å². The van der Waals surface area contributed by atoms with E-state index in [0.29, 0.717) is 11.5 Å². The molecule has 2 nitrogen and oxygen atoms in total. The highest BCUT2D eigenvalue weighted by Crippen LogP contribution is 2.50. The van der Waals surface area contributed by atoms with Crippen LogP contribution in [0.3, 0.4) is 0 Å². The molecule has 2 rings (SSSR count). The van der Waals surface area contributed by atoms with Crippen LogP contribution in [0.5, 0.6) is 0 Å². The van der Waals surface area contributed by atoms with Crippen molar-refractivity contribution in [3.05, 3.63) is 34.3 Å². The van der Waals surface area contributed by atoms with Crippen LogP contribution in [-0.2, 0) is 0 Å². The normalized spacial score (nSPS) is 19.7. The molecule has 17 heavy (non-hydrogen) atoms. The molecule has 3 heteroatoms. The van der Waals surface area contributed by atoms with Crippen molar-refractivity contribution in [1.82, 2.24) is 10.6 Å². The molecule has 0 aromatic heterocycles. The van der Waals surface area contributed by atoms with E-state index < -0.39 is 0 Å². The minimum atomic E-state index is 0.382. The second kappa shape index (κ2) is 5.51. The topological polar surface area (TPSA) is 24.1 Å². The van der Waals surface area contributed by atoms with Gasteiger partial charge in [0.05, 0.1) is 0 Å². The first-order valence-corrected chi connectivity index (χ1v) is 7.09. The molecule has 0 saturated heterocycles. The van der Waals surface area contributed by atoms with E-state index in [4.69, 9.17) is 0 Å². The van der Waals surface area contributed by atoms with Crippen molar-refractivity contribution in [3.8, 4) is 0 Å². The van der Waals surface area contributed by atoms with Gasteiger partial charge in [-0.15, -0.1) is 0 Å². The zero-order chi connectivity index (χ0) is 12.3. The van der Waals surface area contributed by atoms with Gasteiger partial charge in [-0.1, -0.05) is 40.5 Å². The molecule has 0 amide bonds. The lowest BCUT2D eigenvalue weighted by molar-refractivity contribution is 0.0785. The molecular formula is C14H21BrN2. The lowest BCUT2D eigenvalue weighted by atomic mass is 9.62. The van der Waals surface area contributed by atoms with Crippen molar-refractivity contribution in [3.63, 3.8) is 0 Å². The Morgan fingerprint density at radius 2 is 2.00 bits per heavy atom. The number of halogens is 1. The molecule has 0 bridgehead atoms. The molecule has 1 aromatic carbocycles. The van der Waals surface area contributed by atoms with Crippen LogP contribution in [0.2, 0.25) is 0 Å². The molecule has 1 aromatic rings. The first kappa shape index (κ1) is 13.1. The second-order valence-electron chi connectivity index (χ2n) is 4.99. The largest absolute Gasteiger partial charge is 0.319 e. The summed E-state index contributed by atoms with van der Waals surface area (Å²) in [6, 6.07) is 8.98. The minimum Gasteiger partial charge on any atom is -0.319 e. The Bertz CT molecular complexity index is 374. The van der Waals surface area contributed by atoms with Gasteiger partial charge in [0.15, 0.2) is 0 Å². The molecule has 1 saturated carbocycles. The third kappa shape index (κ3) is 2.42. The Morgan fingerprint density at radius 1 is 1.29 bits per heavy atom. The maximum absolute atomic E-state index is 3.67. The van der Waals surface area contributed by atoms with Crippen LogP contribution in [0.4, 0.5) is 0 Å². The van der Waals surface area contributed by atoms with Gasteiger partial charge in [-0.3, -0.25) is 0 Å². The Balaban J connectivity index is 2.29. The highest BCUT2D eigenvalue weighted by atomic mass is 79.9. The Kier molecular flexibility index (Phi) is 4.23. The standard InChI is InChI=1S/C14H21BrN2/c1-16-10-14(8-5-9-14)13(17-2)11-6-3-4-7-12(11)15/h3-4,6-7,13,16-17H,5,8-10H2,1-2H3. The summed E-state index contributed by atoms with van der Waals surface area (Å²) in [6.07, 6.45) is 3.96. The minimum absolute atomic E-state index is 0.382. The Labute approximate surface area is 112 Å². The summed E-state index contributed by atoms with van der Waals surface area (Å²) in [5.74, 6) is 0. The fourth-order valence-corrected chi connectivity index (χ4v) is 3.56. The molecule has 0 radical (unpaired) electrons. The van der Waals surface area contributed by atoms with Gasteiger partial charge in [-0.2, -0.15) is 0 Å². The van der Waals surface area contributed by atoms with Gasteiger partial charge in [0.1, 0.15) is 0 Å². The van der Waals surface area contributed by atoms with Gasteiger partial charge in [-0.25, -0.2) is 0 Å². The van der Waals surface area contributed by atoms with E-state index in [2.05, 4.69) is 57.9 Å². The van der Waals surface area contributed by atoms with E-state index in [-0.39, 0.29) is 0 Å². The molecule has 1 fully saturated rings. The number of hydrogen-bond donors (Lipinski definition) is 2. The van der Waals surface area contributed by atoms with Crippen LogP contribution in [0, 0.1) is 5.41 Å². The third-order valence-electron chi connectivity index (χ3n) is 4.00. The van der Waals surface area contributed by atoms with Gasteiger partial charge in [0.25, 0.3) is 0 Å². The van der Waals surface area contributed by atoms with Crippen molar-refractivity contribution in [1.29, 1.82) is 0 Å². The third-order valence-corrected chi connectivity index (χ3v) is 4.72. The first-order chi connectivity index (χ1) is 8.23. The van der Waals surface area contributed by atoms with Crippen LogP contribution in [0.1, 0.15) is 30.9 Å². The summed E-state index contributed by atoms with van der Waals surface area (Å²) in [5.41, 5.74) is 1.76. The second-order valence-corrected chi connectivity index (χ2v) is 5.84. The van der Waals surface area contributed by atoms with Crippen LogP contribution in [0.25, 0.3) is 0 Å². The zero-order valence-electron chi connectivity index (χ0n) is 10.6. The van der Waals surface area contributed by atoms with Gasteiger partial charge >= 0.3 is 0 Å². The summed E-state index contributed by atoms with van der Waals surface area (Å²) < 4.78 is 1.21. The van der Waals surface area contributed by atoms with Crippen molar-refractivity contribution in [2.45, 2.75) is 25.3 Å². The quantitative estimate of drug-likeness (QED) is 0.872. The average Bonchev–Trinajstić information content (AvgIpc) is 2.29. The number of hydrogen-bond acceptors (Lipinski definition) is 2. The van der Waals surface area contributed by atoms with E-state index in [1.807, 2.05) is 7.05 Å². The van der Waals surface area contributed by atoms with Gasteiger partial charge in [-0.05, 0) is 38.6 Å². The van der Waals surface area contributed by atoms with Gasteiger partial charge in [0, 0.05) is 22.5 Å². The Hall–Kier alpha value is -0.380. The summed E-state index contributed by atoms with van der Waals surface area (Å²) in [4.78, 5) is 0. The highest BCUT2D eigenvalue weighted by Gasteiger charge is 2.43. The summed E-state index contributed by atoms with van der Waals surface area (Å²) in [7, 11) is 4.12. The van der Waals surface area contributed by atoms with Crippen molar-refractivity contribution < 1.29 is 0 Å². The van der Waals surface area contributed by atoms with E-state index in [1.165, 1.54) is 29.3 Å². The summed E-state index contributed by atoms with van der Waals surface area (Å²) in [6.45, 7) is 1.08. The van der Waals surface area contributed by atoms with Crippen LogP contribution < -0.4 is 10.6 Å². The summed E-state index contributed by atoms with van der Waals surface area (Å²) in [5, 5.41) is 6.88. The van der Waals surface area contributed by atoms with Crippen molar-refractivity contribution in [2.24, 2.45) is 5.41 Å². The van der Waals surface area contributed by atoms with E-state index >= 15 is 0 Å². The molecule has 94 valence electrons. The molecule has 1 atom stereocenters. The van der Waals surface area contributed by atoms with Gasteiger partial charge in [0.2, 0.25) is 0 Å². The zero-order valence-corrected chi connectivity index (χ0v) is 12.2. The average molecular weight is 297 g/mol. The maximum atomic E-state index is 3.67. The van der Waals surface area contributed by atoms with E-state index in [9.17, 15) is 0 Å². The monoisotopic (exact) mass is 296 g/mol. The molecular weight excluding hydrogens is 276 g/mol. The fourth-order valence-electron chi connectivity index (χ4n) is 3.05. The Morgan fingerprint density at radius 3 is 2.47 bits per heavy atom. The van der Waals surface area contributed by atoms with Gasteiger partial charge < -0.3 is 10.6 Å². The number of benzene rings is 1. The molecule has 1 aliphatic rings. The lowest BCUT2D eigenvalue weighted by Crippen LogP contribution is -2.48. The number of nitrogens with one attached hydrogen (secondary N) is 2. The molecule has 0 heterocycles. The van der Waals surface area contributed by atoms with Crippen LogP contribution >= 0.6 is 15.9 Å². The van der Waals surface area contributed by atoms with Crippen molar-refractivity contribution in [2.75, 3.05) is 20.6 Å². The predicted molar refractivity (Wildman–Crippen MR) is 76.2 cm³/mol. The van der Waals surface area contributed by atoms with Crippen molar-refractivity contribution >= 4 is 15.9 Å². The van der Waals surface area contributed by atoms with E-state index in [0.717, 1.165) is 6.54 Å². The molecule has 2 N–H and O–H groups in total. The lowest BCUT2D eigenvalue weighted by Gasteiger charge is -2.48. The highest BCUT2D eigenvalue weighted by molar-refractivity contribution is 9.10. The summed E-state index contributed by atoms with van der Waals surface area (Å²) >= 11 is 3.67. The molecule has 0 spiro atoms. The molecule has 1 unspecified atom stereocenters. The SMILES string of the molecule is CNCC1(C(NC)c2ccccc2Br)CCC1. The predicted octanol–water partition coefficient (Wildman–Crippen LogP) is 3.10. The first-order valence-electron chi connectivity index (χ1n) is 6.30. The maximum Gasteiger partial charge on any atom is 0.0398 e. The van der Waals surface area contributed by atoms with Crippen LogP contribution in [-0.4, -0.2) is 20.6 Å². The smallest absolute Gasteiger partial charge is 0.0398 e. The molecule has 1 aliphatic carbocycles. The van der Waals surface area contributed by atoms with E-state index in [1.54, 1.807) is 0 Å².